The molecule has 2 aromatic rings. The molecule has 0 spiro atoms. The van der Waals surface area contributed by atoms with Crippen LogP contribution in [0.3, 0.4) is 0 Å². The van der Waals surface area contributed by atoms with E-state index in [1.165, 1.54) is 56.0 Å². The minimum absolute atomic E-state index is 0.119. The zero-order chi connectivity index (χ0) is 43.0. The number of anilines is 1. The smallest absolute Gasteiger partial charge is 0.290 e. The summed E-state index contributed by atoms with van der Waals surface area (Å²) in [4.78, 5) is 10.1. The second-order valence-electron chi connectivity index (χ2n) is 16.2. The van der Waals surface area contributed by atoms with Crippen LogP contribution in [0.2, 0.25) is 0 Å². The van der Waals surface area contributed by atoms with Crippen molar-refractivity contribution in [3.8, 4) is 107 Å². The highest BCUT2D eigenvalue weighted by Crippen LogP contribution is 2.59. The summed E-state index contributed by atoms with van der Waals surface area (Å²) in [6.07, 6.45) is 18.3. The van der Waals surface area contributed by atoms with E-state index in [1.54, 1.807) is 0 Å². The molecule has 12 nitrogen and oxygen atoms in total. The van der Waals surface area contributed by atoms with Crippen molar-refractivity contribution in [1.29, 1.82) is 0 Å². The van der Waals surface area contributed by atoms with E-state index in [1.807, 2.05) is 4.90 Å². The van der Waals surface area contributed by atoms with Gasteiger partial charge >= 0.3 is 0 Å². The molecule has 0 amide bonds. The molecule has 6 rings (SSSR count). The molecule has 61 heavy (non-hydrogen) atoms. The van der Waals surface area contributed by atoms with Gasteiger partial charge in [-0.1, -0.05) is 46.5 Å². The van der Waals surface area contributed by atoms with Crippen LogP contribution in [0.4, 0.5) is 5.69 Å². The number of aromatic amines is 1. The summed E-state index contributed by atoms with van der Waals surface area (Å²) < 4.78 is 32.0. The number of hydrogen-bond donors (Lipinski definition) is 3. The molecule has 13 heteroatoms. The Morgan fingerprint density at radius 3 is 1.92 bits per heavy atom. The molecule has 314 valence electrons. The third kappa shape index (κ3) is 10.9. The SMILES string of the molecule is C#CC#CC#CC#CC#CC#CC#CC#CC#CNS(=O)(=O)c1nn2[nH]nnc2c1N(C(CC1C2CCCCC2C2CCCCC21)OO)C1CCC(N(CC)CCC)CC1C. The molecule has 4 aliphatic carbocycles. The summed E-state index contributed by atoms with van der Waals surface area (Å²) in [6.45, 7) is 8.62. The Labute approximate surface area is 361 Å². The largest absolute Gasteiger partial charge is 0.335 e. The number of tetrazole rings is 1. The predicted octanol–water partition coefficient (Wildman–Crippen LogP) is 4.89. The average molecular weight is 837 g/mol. The van der Waals surface area contributed by atoms with Gasteiger partial charge in [-0.25, -0.2) is 14.9 Å². The molecule has 0 saturated heterocycles. The molecule has 2 aromatic heterocycles. The van der Waals surface area contributed by atoms with Crippen LogP contribution in [0.5, 0.6) is 0 Å². The van der Waals surface area contributed by atoms with E-state index < -0.39 is 16.3 Å². The minimum Gasteiger partial charge on any atom is -0.335 e. The summed E-state index contributed by atoms with van der Waals surface area (Å²) in [6, 6.07) is 2.64. The molecule has 2 heterocycles. The normalized spacial score (nSPS) is 25.1. The van der Waals surface area contributed by atoms with Gasteiger partial charge in [0.25, 0.3) is 10.0 Å². The first-order valence-electron chi connectivity index (χ1n) is 21.4. The van der Waals surface area contributed by atoms with E-state index in [4.69, 9.17) is 11.3 Å². The van der Waals surface area contributed by atoms with Crippen molar-refractivity contribution in [3.05, 3.63) is 0 Å². The van der Waals surface area contributed by atoms with Gasteiger partial charge in [0, 0.05) is 65.5 Å². The summed E-state index contributed by atoms with van der Waals surface area (Å²) in [5.74, 6) is 42.5. The monoisotopic (exact) mass is 836 g/mol. The molecule has 4 aliphatic rings. The van der Waals surface area contributed by atoms with Gasteiger partial charge in [0.2, 0.25) is 10.7 Å². The van der Waals surface area contributed by atoms with E-state index in [0.717, 1.165) is 38.8 Å². The number of rotatable bonds is 12. The Balaban J connectivity index is 1.28. The van der Waals surface area contributed by atoms with Crippen molar-refractivity contribution in [2.45, 2.75) is 128 Å². The molecule has 0 bridgehead atoms. The van der Waals surface area contributed by atoms with Crippen molar-refractivity contribution in [2.75, 3.05) is 18.0 Å². The van der Waals surface area contributed by atoms with Crippen LogP contribution in [0.1, 0.15) is 104 Å². The highest BCUT2D eigenvalue weighted by molar-refractivity contribution is 7.89. The average Bonchev–Trinajstić information content (AvgIpc) is 3.97. The van der Waals surface area contributed by atoms with E-state index in [-0.39, 0.29) is 28.3 Å². The predicted molar refractivity (Wildman–Crippen MR) is 234 cm³/mol. The molecule has 0 aromatic carbocycles. The summed E-state index contributed by atoms with van der Waals surface area (Å²) in [5.41, 5.74) is 0.444. The van der Waals surface area contributed by atoms with Gasteiger partial charge in [-0.2, -0.15) is 13.6 Å². The van der Waals surface area contributed by atoms with Crippen molar-refractivity contribution in [2.24, 2.45) is 35.5 Å². The van der Waals surface area contributed by atoms with Gasteiger partial charge in [-0.05, 0) is 159 Å². The van der Waals surface area contributed by atoms with Gasteiger partial charge in [0.05, 0.1) is 0 Å². The number of H-pyrrole nitrogens is 1. The van der Waals surface area contributed by atoms with Crippen LogP contribution in [-0.4, -0.2) is 75.2 Å². The van der Waals surface area contributed by atoms with Crippen molar-refractivity contribution in [3.63, 3.8) is 0 Å². The van der Waals surface area contributed by atoms with Gasteiger partial charge in [0.1, 0.15) is 5.69 Å². The first-order chi connectivity index (χ1) is 29.8. The topological polar surface area (TPSA) is 141 Å². The minimum atomic E-state index is -4.39. The summed E-state index contributed by atoms with van der Waals surface area (Å²) in [5, 5.41) is 26.2. The quantitative estimate of drug-likeness (QED) is 0.0897. The maximum atomic E-state index is 14.2. The van der Waals surface area contributed by atoms with Crippen molar-refractivity contribution in [1.82, 2.24) is 34.9 Å². The van der Waals surface area contributed by atoms with Crippen LogP contribution < -0.4 is 9.62 Å². The van der Waals surface area contributed by atoms with Crippen molar-refractivity contribution >= 4 is 21.4 Å². The molecule has 8 unspecified atom stereocenters. The van der Waals surface area contributed by atoms with E-state index in [2.05, 4.69) is 152 Å². The molecule has 4 fully saturated rings. The molecule has 4 saturated carbocycles. The number of hydrogen-bond acceptors (Lipinski definition) is 9. The molecule has 3 N–H and O–H groups in total. The molecule has 0 radical (unpaired) electrons. The number of sulfonamides is 1. The Morgan fingerprint density at radius 2 is 1.39 bits per heavy atom. The number of fused-ring (bicyclic) bond motifs is 4. The van der Waals surface area contributed by atoms with E-state index in [9.17, 15) is 13.7 Å². The zero-order valence-corrected chi connectivity index (χ0v) is 36.0. The van der Waals surface area contributed by atoms with Crippen LogP contribution in [-0.2, 0) is 14.9 Å². The zero-order valence-electron chi connectivity index (χ0n) is 35.1. The molecule has 8 atom stereocenters. The van der Waals surface area contributed by atoms with Gasteiger partial charge in [-0.3, -0.25) is 0 Å². The van der Waals surface area contributed by atoms with E-state index >= 15 is 0 Å². The third-order valence-electron chi connectivity index (χ3n) is 13.0. The first-order valence-corrected chi connectivity index (χ1v) is 22.9. The van der Waals surface area contributed by atoms with Gasteiger partial charge in [0.15, 0.2) is 6.23 Å². The number of nitrogens with one attached hydrogen (secondary N) is 2. The Hall–Kier alpha value is -5.92. The fourth-order valence-electron chi connectivity index (χ4n) is 10.8. The second-order valence-corrected chi connectivity index (χ2v) is 17.8. The Morgan fingerprint density at radius 1 is 0.836 bits per heavy atom. The van der Waals surface area contributed by atoms with Gasteiger partial charge in [-0.15, -0.1) is 21.3 Å². The Bertz CT molecular complexity index is 2550. The highest BCUT2D eigenvalue weighted by atomic mass is 32.2. The lowest BCUT2D eigenvalue weighted by Crippen LogP contribution is -2.53. The summed E-state index contributed by atoms with van der Waals surface area (Å²) >= 11 is 0. The molecular formula is C48H52N8O4S. The fourth-order valence-corrected chi connectivity index (χ4v) is 11.7. The molecular weight excluding hydrogens is 785 g/mol. The number of nitrogens with zero attached hydrogens (tertiary/aromatic N) is 6. The Kier molecular flexibility index (Phi) is 16.2. The lowest BCUT2D eigenvalue weighted by Gasteiger charge is -2.47. The third-order valence-corrected chi connectivity index (χ3v) is 14.1. The fraction of sp³-hybridized carbons (Fsp3) is 0.562. The van der Waals surface area contributed by atoms with Crippen LogP contribution in [0.15, 0.2) is 5.03 Å². The van der Waals surface area contributed by atoms with E-state index in [0.29, 0.717) is 42.1 Å². The second kappa shape index (κ2) is 22.1. The summed E-state index contributed by atoms with van der Waals surface area (Å²) in [7, 11) is -4.39. The number of terminal acetylenes is 1. The maximum Gasteiger partial charge on any atom is 0.290 e. The van der Waals surface area contributed by atoms with Crippen molar-refractivity contribution < 1.29 is 18.6 Å². The van der Waals surface area contributed by atoms with Crippen LogP contribution in [0, 0.1) is 143 Å². The molecule has 0 aliphatic heterocycles. The maximum absolute atomic E-state index is 14.2. The first kappa shape index (κ1) is 44.6. The number of aromatic nitrogens is 5. The highest BCUT2D eigenvalue weighted by Gasteiger charge is 2.53. The van der Waals surface area contributed by atoms with Crippen LogP contribution in [0.25, 0.3) is 5.65 Å². The van der Waals surface area contributed by atoms with Crippen LogP contribution >= 0.6 is 0 Å². The lowest BCUT2D eigenvalue weighted by atomic mass is 9.73. The van der Waals surface area contributed by atoms with Gasteiger partial charge < -0.3 is 9.80 Å². The lowest BCUT2D eigenvalue weighted by molar-refractivity contribution is -0.284. The standard InChI is InChI=1S/C48H52N8O4S/c1-5-8-9-10-11-12-13-14-15-16-17-18-19-20-21-26-33-49-61(58,59)48-46(47-50-52-53-56(47)51-48)55(44-32-31-38(35-37(44)4)54(7-3)34-6-2)45(60-57)36-43-41-29-24-22-27-39(41)40-28-23-25-30-42(40)43/h1,37-45,49,57H,6-7,22-25,27-32,34-36H2,2-4H3,(H,50,53).